The lowest BCUT2D eigenvalue weighted by Crippen LogP contribution is -2.15. The zero-order valence-electron chi connectivity index (χ0n) is 17.3. The van der Waals surface area contributed by atoms with Gasteiger partial charge in [-0.15, -0.1) is 10.2 Å². The molecule has 4 rings (SSSR count). The van der Waals surface area contributed by atoms with Gasteiger partial charge in [-0.05, 0) is 48.5 Å². The predicted octanol–water partition coefficient (Wildman–Crippen LogP) is 5.61. The highest BCUT2D eigenvalue weighted by Gasteiger charge is 2.18. The molecule has 33 heavy (non-hydrogen) atoms. The summed E-state index contributed by atoms with van der Waals surface area (Å²) in [7, 11) is 1.57. The van der Waals surface area contributed by atoms with E-state index in [0.29, 0.717) is 21.8 Å². The van der Waals surface area contributed by atoms with Crippen LogP contribution in [0.15, 0.2) is 71.9 Å². The molecule has 0 spiro atoms. The Morgan fingerprint density at radius 1 is 1.09 bits per heavy atom. The minimum Gasteiger partial charge on any atom is -0.497 e. The van der Waals surface area contributed by atoms with E-state index in [0.717, 1.165) is 41.2 Å². The van der Waals surface area contributed by atoms with Crippen LogP contribution in [0, 0.1) is 11.6 Å². The molecule has 3 aromatic carbocycles. The van der Waals surface area contributed by atoms with Crippen LogP contribution in [0.4, 0.5) is 14.5 Å². The van der Waals surface area contributed by atoms with E-state index < -0.39 is 17.5 Å². The second-order valence-electron chi connectivity index (χ2n) is 6.81. The molecule has 0 unspecified atom stereocenters. The van der Waals surface area contributed by atoms with E-state index in [1.165, 1.54) is 0 Å². The molecule has 10 heteroatoms. The largest absolute Gasteiger partial charge is 0.497 e. The van der Waals surface area contributed by atoms with Crippen LogP contribution in [-0.2, 0) is 4.79 Å². The summed E-state index contributed by atoms with van der Waals surface area (Å²) in [6.45, 7) is 0. The summed E-state index contributed by atoms with van der Waals surface area (Å²) >= 11 is 7.15. The molecular weight excluding hydrogens is 470 g/mol. The lowest BCUT2D eigenvalue weighted by Gasteiger charge is -2.11. The van der Waals surface area contributed by atoms with Crippen LogP contribution >= 0.6 is 23.4 Å². The van der Waals surface area contributed by atoms with Gasteiger partial charge in [-0.1, -0.05) is 35.5 Å². The molecule has 1 amide bonds. The van der Waals surface area contributed by atoms with Gasteiger partial charge in [0.05, 0.1) is 18.6 Å². The third-order valence-electron chi connectivity index (χ3n) is 4.58. The van der Waals surface area contributed by atoms with E-state index in [1.807, 2.05) is 36.4 Å². The number of hydrogen-bond acceptors (Lipinski definition) is 5. The third kappa shape index (κ3) is 5.32. The van der Waals surface area contributed by atoms with Gasteiger partial charge in [-0.25, -0.2) is 8.78 Å². The van der Waals surface area contributed by atoms with Gasteiger partial charge < -0.3 is 10.1 Å². The van der Waals surface area contributed by atoms with Crippen LogP contribution in [0.25, 0.3) is 17.1 Å². The van der Waals surface area contributed by atoms with Gasteiger partial charge in [0.15, 0.2) is 11.0 Å². The molecule has 1 aromatic heterocycles. The lowest BCUT2D eigenvalue weighted by atomic mass is 10.2. The third-order valence-corrected chi connectivity index (χ3v) is 5.76. The first kappa shape index (κ1) is 22.8. The number of ether oxygens (including phenoxy) is 1. The number of nitrogens with one attached hydrogen (secondary N) is 1. The number of halogens is 3. The molecule has 4 aromatic rings. The fourth-order valence-corrected chi connectivity index (χ4v) is 3.92. The van der Waals surface area contributed by atoms with E-state index in [2.05, 4.69) is 15.5 Å². The number of thioether (sulfide) groups is 1. The maximum Gasteiger partial charge on any atom is 0.234 e. The standard InChI is InChI=1S/C23H17ClF2N4O2S/c1-32-18-4-2-3-14(11-18)22-28-29-23(30(22)17-8-5-15(24)6-9-17)33-13-21(31)27-20-12-16(25)7-10-19(20)26/h2-12H,13H2,1H3,(H,27,31). The molecule has 6 nitrogen and oxygen atoms in total. The molecule has 0 aliphatic heterocycles. The number of carbonyl (C=O) groups is 1. The van der Waals surface area contributed by atoms with Crippen molar-refractivity contribution in [2.75, 3.05) is 18.2 Å². The number of benzene rings is 3. The number of anilines is 1. The van der Waals surface area contributed by atoms with Crippen molar-refractivity contribution in [3.63, 3.8) is 0 Å². The van der Waals surface area contributed by atoms with E-state index in [9.17, 15) is 13.6 Å². The summed E-state index contributed by atoms with van der Waals surface area (Å²) in [6.07, 6.45) is 0. The van der Waals surface area contributed by atoms with Crippen LogP contribution in [-0.4, -0.2) is 33.5 Å². The van der Waals surface area contributed by atoms with Gasteiger partial charge in [0.1, 0.15) is 17.4 Å². The van der Waals surface area contributed by atoms with E-state index >= 15 is 0 Å². The minimum absolute atomic E-state index is 0.0974. The van der Waals surface area contributed by atoms with Crippen molar-refractivity contribution in [1.29, 1.82) is 0 Å². The molecule has 0 fully saturated rings. The minimum atomic E-state index is -0.723. The lowest BCUT2D eigenvalue weighted by molar-refractivity contribution is -0.113. The van der Waals surface area contributed by atoms with Crippen molar-refractivity contribution in [3.05, 3.63) is 83.4 Å². The number of amides is 1. The average molecular weight is 487 g/mol. The second kappa shape index (κ2) is 10.0. The summed E-state index contributed by atoms with van der Waals surface area (Å²) in [5.74, 6) is -0.791. The fourth-order valence-electron chi connectivity index (χ4n) is 3.05. The number of aromatic nitrogens is 3. The number of methoxy groups -OCH3 is 1. The number of nitrogens with zero attached hydrogens (tertiary/aromatic N) is 3. The van der Waals surface area contributed by atoms with E-state index in [1.54, 1.807) is 23.8 Å². The van der Waals surface area contributed by atoms with Gasteiger partial charge in [-0.2, -0.15) is 0 Å². The zero-order chi connectivity index (χ0) is 23.4. The van der Waals surface area contributed by atoms with Gasteiger partial charge in [0.2, 0.25) is 5.91 Å². The van der Waals surface area contributed by atoms with Gasteiger partial charge in [0, 0.05) is 22.3 Å². The van der Waals surface area contributed by atoms with Gasteiger partial charge >= 0.3 is 0 Å². The molecule has 0 radical (unpaired) electrons. The molecule has 0 atom stereocenters. The van der Waals surface area contributed by atoms with E-state index in [-0.39, 0.29) is 11.4 Å². The first-order valence-electron chi connectivity index (χ1n) is 9.68. The Balaban J connectivity index is 1.62. The SMILES string of the molecule is COc1cccc(-c2nnc(SCC(=O)Nc3cc(F)ccc3F)n2-c2ccc(Cl)cc2)c1. The monoisotopic (exact) mass is 486 g/mol. The summed E-state index contributed by atoms with van der Waals surface area (Å²) < 4.78 is 34.3. The maximum absolute atomic E-state index is 13.8. The Morgan fingerprint density at radius 3 is 2.64 bits per heavy atom. The Kier molecular flexibility index (Phi) is 6.90. The van der Waals surface area contributed by atoms with Crippen LogP contribution in [0.2, 0.25) is 5.02 Å². The fraction of sp³-hybridized carbons (Fsp3) is 0.0870. The van der Waals surface area contributed by atoms with Crippen LogP contribution in [0.3, 0.4) is 0 Å². The molecule has 0 aliphatic rings. The van der Waals surface area contributed by atoms with Crippen molar-refractivity contribution >= 4 is 35.0 Å². The average Bonchev–Trinajstić information content (AvgIpc) is 3.24. The molecule has 0 saturated carbocycles. The van der Waals surface area contributed by atoms with Crippen LogP contribution in [0.5, 0.6) is 5.75 Å². The second-order valence-corrected chi connectivity index (χ2v) is 8.19. The van der Waals surface area contributed by atoms with Crippen molar-refractivity contribution in [2.24, 2.45) is 0 Å². The first-order valence-corrected chi connectivity index (χ1v) is 11.0. The Bertz CT molecular complexity index is 1300. The Morgan fingerprint density at radius 2 is 1.88 bits per heavy atom. The highest BCUT2D eigenvalue weighted by Crippen LogP contribution is 2.30. The van der Waals surface area contributed by atoms with Gasteiger partial charge in [0.25, 0.3) is 0 Å². The summed E-state index contributed by atoms with van der Waals surface area (Å²) in [5.41, 5.74) is 1.27. The number of carbonyl (C=O) groups excluding carboxylic acids is 1. The van der Waals surface area contributed by atoms with Crippen molar-refractivity contribution < 1.29 is 18.3 Å². The highest BCUT2D eigenvalue weighted by molar-refractivity contribution is 7.99. The summed E-state index contributed by atoms with van der Waals surface area (Å²) in [6, 6.07) is 17.3. The molecule has 0 bridgehead atoms. The van der Waals surface area contributed by atoms with Crippen LogP contribution < -0.4 is 10.1 Å². The van der Waals surface area contributed by atoms with E-state index in [4.69, 9.17) is 16.3 Å². The first-order chi connectivity index (χ1) is 15.9. The van der Waals surface area contributed by atoms with Gasteiger partial charge in [-0.3, -0.25) is 9.36 Å². The van der Waals surface area contributed by atoms with Crippen LogP contribution in [0.1, 0.15) is 0 Å². The normalized spacial score (nSPS) is 10.8. The quantitative estimate of drug-likeness (QED) is 0.344. The molecule has 0 aliphatic carbocycles. The summed E-state index contributed by atoms with van der Waals surface area (Å²) in [4.78, 5) is 12.4. The molecule has 168 valence electrons. The Hall–Kier alpha value is -3.43. The van der Waals surface area contributed by atoms with Crippen molar-refractivity contribution in [3.8, 4) is 22.8 Å². The predicted molar refractivity (Wildman–Crippen MR) is 124 cm³/mol. The van der Waals surface area contributed by atoms with Crippen molar-refractivity contribution in [2.45, 2.75) is 5.16 Å². The highest BCUT2D eigenvalue weighted by atomic mass is 35.5. The Labute approximate surface area is 197 Å². The molecular formula is C23H17ClF2N4O2S. The number of rotatable bonds is 7. The maximum atomic E-state index is 13.8. The smallest absolute Gasteiger partial charge is 0.234 e. The topological polar surface area (TPSA) is 69.0 Å². The summed E-state index contributed by atoms with van der Waals surface area (Å²) in [5, 5.41) is 11.9. The molecule has 1 N–H and O–H groups in total. The molecule has 0 saturated heterocycles. The molecule has 1 heterocycles. The van der Waals surface area contributed by atoms with Crippen molar-refractivity contribution in [1.82, 2.24) is 14.8 Å². The zero-order valence-corrected chi connectivity index (χ0v) is 18.8. The number of hydrogen-bond donors (Lipinski definition) is 1.